The molecule has 36 heavy (non-hydrogen) atoms. The molecular weight excluding hydrogens is 452 g/mol. The molecule has 2 saturated heterocycles. The van der Waals surface area contributed by atoms with Gasteiger partial charge in [-0.2, -0.15) is 0 Å². The van der Waals surface area contributed by atoms with Gasteiger partial charge in [-0.15, -0.1) is 0 Å². The highest BCUT2D eigenvalue weighted by atomic mass is 16.2. The minimum atomic E-state index is -0.330. The third-order valence-electron chi connectivity index (χ3n) is 7.77. The van der Waals surface area contributed by atoms with Gasteiger partial charge in [0.1, 0.15) is 12.3 Å². The number of benzene rings is 1. The molecule has 3 unspecified atom stereocenters. The summed E-state index contributed by atoms with van der Waals surface area (Å²) >= 11 is 0. The summed E-state index contributed by atoms with van der Waals surface area (Å²) in [5.74, 6) is 0.145. The molecule has 3 aliphatic rings. The highest BCUT2D eigenvalue weighted by Crippen LogP contribution is 2.29. The molecule has 0 radical (unpaired) electrons. The van der Waals surface area contributed by atoms with Crippen molar-refractivity contribution in [3.8, 4) is 0 Å². The third-order valence-corrected chi connectivity index (χ3v) is 7.77. The van der Waals surface area contributed by atoms with Crippen LogP contribution in [0.25, 0.3) is 0 Å². The Bertz CT molecular complexity index is 852. The van der Waals surface area contributed by atoms with Gasteiger partial charge in [0.05, 0.1) is 6.04 Å². The van der Waals surface area contributed by atoms with Crippen LogP contribution in [0.1, 0.15) is 84.1 Å². The van der Waals surface area contributed by atoms with Crippen LogP contribution in [-0.4, -0.2) is 56.4 Å². The molecule has 2 aliphatic heterocycles. The molecular formula is C29H46N4O3. The molecule has 1 aromatic rings. The lowest BCUT2D eigenvalue weighted by atomic mass is 9.86. The van der Waals surface area contributed by atoms with Gasteiger partial charge in [0.2, 0.25) is 11.8 Å². The zero-order chi connectivity index (χ0) is 26.1. The van der Waals surface area contributed by atoms with E-state index in [9.17, 15) is 14.4 Å². The number of piperidine rings is 1. The van der Waals surface area contributed by atoms with Crippen LogP contribution in [0.3, 0.4) is 0 Å². The zero-order valence-electron chi connectivity index (χ0n) is 22.6. The van der Waals surface area contributed by atoms with E-state index in [4.69, 9.17) is 0 Å². The predicted octanol–water partition coefficient (Wildman–Crippen LogP) is 3.70. The number of rotatable bonds is 6. The molecule has 0 spiro atoms. The number of anilines is 1. The largest absolute Gasteiger partial charge is 0.362 e. The lowest BCUT2D eigenvalue weighted by Gasteiger charge is -2.38. The van der Waals surface area contributed by atoms with Gasteiger partial charge < -0.3 is 25.6 Å². The maximum Gasteiger partial charge on any atom is 0.243 e. The van der Waals surface area contributed by atoms with Crippen molar-refractivity contribution in [1.29, 1.82) is 0 Å². The maximum atomic E-state index is 13.4. The molecule has 4 rings (SSSR count). The van der Waals surface area contributed by atoms with Gasteiger partial charge in [0, 0.05) is 31.7 Å². The summed E-state index contributed by atoms with van der Waals surface area (Å²) in [4.78, 5) is 37.4. The number of hydrogen-bond acceptors (Lipinski definition) is 5. The van der Waals surface area contributed by atoms with E-state index in [0.717, 1.165) is 50.6 Å². The molecule has 0 bridgehead atoms. The van der Waals surface area contributed by atoms with E-state index in [1.165, 1.54) is 24.8 Å². The molecule has 3 atom stereocenters. The fourth-order valence-corrected chi connectivity index (χ4v) is 5.50. The highest BCUT2D eigenvalue weighted by molar-refractivity contribution is 5.87. The van der Waals surface area contributed by atoms with Crippen molar-refractivity contribution < 1.29 is 14.4 Å². The van der Waals surface area contributed by atoms with Crippen LogP contribution in [-0.2, 0) is 19.8 Å². The van der Waals surface area contributed by atoms with Crippen LogP contribution in [0, 0.1) is 5.92 Å². The van der Waals surface area contributed by atoms with Crippen molar-refractivity contribution in [2.24, 2.45) is 5.92 Å². The molecule has 200 valence electrons. The number of amides is 2. The first kappa shape index (κ1) is 28.2. The summed E-state index contributed by atoms with van der Waals surface area (Å²) in [6, 6.07) is 8.61. The average molecular weight is 499 g/mol. The predicted molar refractivity (Wildman–Crippen MR) is 145 cm³/mol. The summed E-state index contributed by atoms with van der Waals surface area (Å²) in [5, 5.41) is 9.24. The first-order valence-corrected chi connectivity index (χ1v) is 13.8. The van der Waals surface area contributed by atoms with E-state index < -0.39 is 0 Å². The summed E-state index contributed by atoms with van der Waals surface area (Å²) in [7, 11) is 1.99. The van der Waals surface area contributed by atoms with E-state index >= 15 is 0 Å². The quantitative estimate of drug-likeness (QED) is 0.521. The molecule has 1 aliphatic carbocycles. The van der Waals surface area contributed by atoms with Gasteiger partial charge in [-0.25, -0.2) is 0 Å². The van der Waals surface area contributed by atoms with Crippen molar-refractivity contribution in [3.05, 3.63) is 29.8 Å². The van der Waals surface area contributed by atoms with E-state index in [1.807, 2.05) is 7.05 Å². The smallest absolute Gasteiger partial charge is 0.243 e. The lowest BCUT2D eigenvalue weighted by molar-refractivity contribution is -0.127. The van der Waals surface area contributed by atoms with Crippen molar-refractivity contribution in [1.82, 2.24) is 16.0 Å². The molecule has 1 saturated carbocycles. The van der Waals surface area contributed by atoms with Crippen LogP contribution in [0.15, 0.2) is 24.3 Å². The Morgan fingerprint density at radius 1 is 1.03 bits per heavy atom. The Labute approximate surface area is 217 Å². The topological polar surface area (TPSA) is 90.5 Å². The van der Waals surface area contributed by atoms with Gasteiger partial charge in [-0.1, -0.05) is 52.2 Å². The fourth-order valence-electron chi connectivity index (χ4n) is 5.50. The maximum absolute atomic E-state index is 13.4. The SMILES string of the molecule is CN(c1ccc(C(C)(C)C)cc1)C(C(=O)NC1CCCCC1)C1CCNC(=O)C1.O=CC1CCCN1. The molecule has 3 N–H and O–H groups in total. The lowest BCUT2D eigenvalue weighted by Crippen LogP contribution is -2.55. The second-order valence-corrected chi connectivity index (χ2v) is 11.6. The summed E-state index contributed by atoms with van der Waals surface area (Å²) < 4.78 is 0. The third kappa shape index (κ3) is 8.05. The molecule has 7 nitrogen and oxygen atoms in total. The zero-order valence-corrected chi connectivity index (χ0v) is 22.6. The van der Waals surface area contributed by atoms with Crippen LogP contribution in [0.2, 0.25) is 0 Å². The summed E-state index contributed by atoms with van der Waals surface area (Å²) in [6.07, 6.45) is 10.2. The fraction of sp³-hybridized carbons (Fsp3) is 0.690. The minimum absolute atomic E-state index is 0.0274. The van der Waals surface area contributed by atoms with Crippen molar-refractivity contribution in [3.63, 3.8) is 0 Å². The standard InChI is InChI=1S/C24H37N3O2.C5H9NO/c1-24(2,3)18-10-12-20(13-11-18)27(4)22(17-14-15-25-21(28)16-17)23(29)26-19-8-6-5-7-9-19;7-4-5-2-1-3-6-5/h10-13,17,19,22H,5-9,14-16H2,1-4H3,(H,25,28)(H,26,29);4-6H,1-3H2. The highest BCUT2D eigenvalue weighted by Gasteiger charge is 2.36. The number of carbonyl (C=O) groups is 3. The van der Waals surface area contributed by atoms with Crippen molar-refractivity contribution >= 4 is 23.8 Å². The Morgan fingerprint density at radius 3 is 2.25 bits per heavy atom. The van der Waals surface area contributed by atoms with Gasteiger partial charge in [0.15, 0.2) is 0 Å². The van der Waals surface area contributed by atoms with Crippen LogP contribution < -0.4 is 20.9 Å². The van der Waals surface area contributed by atoms with E-state index in [-0.39, 0.29) is 41.3 Å². The Balaban J connectivity index is 0.000000444. The van der Waals surface area contributed by atoms with E-state index in [0.29, 0.717) is 13.0 Å². The number of hydrogen-bond donors (Lipinski definition) is 3. The summed E-state index contributed by atoms with van der Waals surface area (Å²) in [5.41, 5.74) is 2.39. The number of nitrogens with one attached hydrogen (secondary N) is 3. The summed E-state index contributed by atoms with van der Waals surface area (Å²) in [6.45, 7) is 8.27. The normalized spacial score (nSPS) is 23.6. The number of likely N-dealkylation sites (N-methyl/N-ethyl adjacent to an activating group) is 1. The first-order chi connectivity index (χ1) is 17.2. The Morgan fingerprint density at radius 2 is 1.72 bits per heavy atom. The van der Waals surface area contributed by atoms with Gasteiger partial charge in [-0.3, -0.25) is 9.59 Å². The molecule has 3 fully saturated rings. The second kappa shape index (κ2) is 13.2. The molecule has 7 heteroatoms. The molecule has 1 aromatic carbocycles. The first-order valence-electron chi connectivity index (χ1n) is 13.8. The molecule has 2 amide bonds. The number of nitrogens with zero attached hydrogens (tertiary/aromatic N) is 1. The average Bonchev–Trinajstić information content (AvgIpc) is 3.39. The van der Waals surface area contributed by atoms with Crippen LogP contribution >= 0.6 is 0 Å². The minimum Gasteiger partial charge on any atom is -0.362 e. The number of carbonyl (C=O) groups excluding carboxylic acids is 3. The van der Waals surface area contributed by atoms with Gasteiger partial charge >= 0.3 is 0 Å². The van der Waals surface area contributed by atoms with Crippen molar-refractivity contribution in [2.45, 2.75) is 102 Å². The Hall–Kier alpha value is -2.41. The van der Waals surface area contributed by atoms with E-state index in [2.05, 4.69) is 65.9 Å². The van der Waals surface area contributed by atoms with Crippen LogP contribution in [0.5, 0.6) is 0 Å². The Kier molecular flexibility index (Phi) is 10.3. The van der Waals surface area contributed by atoms with E-state index in [1.54, 1.807) is 0 Å². The van der Waals surface area contributed by atoms with Crippen molar-refractivity contribution in [2.75, 3.05) is 25.0 Å². The van der Waals surface area contributed by atoms with Crippen LogP contribution in [0.4, 0.5) is 5.69 Å². The molecule has 0 aromatic heterocycles. The van der Waals surface area contributed by atoms with Gasteiger partial charge in [-0.05, 0) is 67.7 Å². The second-order valence-electron chi connectivity index (χ2n) is 11.6. The van der Waals surface area contributed by atoms with Gasteiger partial charge in [0.25, 0.3) is 0 Å². The number of aldehydes is 1. The monoisotopic (exact) mass is 498 g/mol. The molecule has 2 heterocycles.